The highest BCUT2D eigenvalue weighted by molar-refractivity contribution is 6.41. The molecule has 0 unspecified atom stereocenters. The van der Waals surface area contributed by atoms with E-state index in [-0.39, 0.29) is 27.7 Å². The Hall–Kier alpha value is -4.26. The number of piperidine rings is 1. The summed E-state index contributed by atoms with van der Waals surface area (Å²) in [5, 5.41) is 9.30. The molecular weight excluding hydrogens is 631 g/mol. The third-order valence-corrected chi connectivity index (χ3v) is 8.86. The number of urea groups is 1. The zero-order valence-corrected chi connectivity index (χ0v) is 27.8. The van der Waals surface area contributed by atoms with Gasteiger partial charge in [-0.1, -0.05) is 29.8 Å². The first kappa shape index (κ1) is 33.1. The summed E-state index contributed by atoms with van der Waals surface area (Å²) in [6.07, 6.45) is 6.31. The molecule has 1 aliphatic carbocycles. The molecule has 3 aromatic rings. The van der Waals surface area contributed by atoms with E-state index in [9.17, 15) is 9.59 Å². The normalized spacial score (nSPS) is 14.9. The number of halogens is 2. The number of amides is 3. The van der Waals surface area contributed by atoms with Crippen LogP contribution in [-0.2, 0) is 4.79 Å². The topological polar surface area (TPSA) is 124 Å². The van der Waals surface area contributed by atoms with Gasteiger partial charge < -0.3 is 35.2 Å². The Labute approximate surface area is 278 Å². The van der Waals surface area contributed by atoms with Crippen LogP contribution in [0.15, 0.2) is 49.3 Å². The number of anilines is 6. The molecule has 0 spiro atoms. The first-order chi connectivity index (χ1) is 22.1. The van der Waals surface area contributed by atoms with Crippen LogP contribution in [0.5, 0.6) is 11.5 Å². The highest BCUT2D eigenvalue weighted by Gasteiger charge is 2.36. The molecule has 3 N–H and O–H groups in total. The molecular formula is C32H38Cl2N8O4. The molecule has 12 nitrogen and oxygen atoms in total. The minimum absolute atomic E-state index is 0.0776. The molecule has 0 bridgehead atoms. The number of benzene rings is 2. The summed E-state index contributed by atoms with van der Waals surface area (Å²) in [7, 11) is 7.15. The largest absolute Gasteiger partial charge is 0.495 e. The smallest absolute Gasteiger partial charge is 0.327 e. The zero-order valence-electron chi connectivity index (χ0n) is 26.3. The summed E-state index contributed by atoms with van der Waals surface area (Å²) in [6.45, 7) is 5.42. The fourth-order valence-electron chi connectivity index (χ4n) is 5.40. The van der Waals surface area contributed by atoms with Crippen molar-refractivity contribution in [2.45, 2.75) is 37.8 Å². The van der Waals surface area contributed by atoms with E-state index in [0.717, 1.165) is 44.5 Å². The van der Waals surface area contributed by atoms with E-state index in [4.69, 9.17) is 32.7 Å². The van der Waals surface area contributed by atoms with E-state index in [1.807, 2.05) is 18.2 Å². The Morgan fingerprint density at radius 1 is 0.935 bits per heavy atom. The summed E-state index contributed by atoms with van der Waals surface area (Å²) in [5.74, 6) is 1.06. The molecule has 14 heteroatoms. The van der Waals surface area contributed by atoms with Crippen LogP contribution in [-0.4, -0.2) is 80.3 Å². The minimum atomic E-state index is -0.479. The van der Waals surface area contributed by atoms with Crippen molar-refractivity contribution in [2.24, 2.45) is 0 Å². The van der Waals surface area contributed by atoms with Crippen LogP contribution in [0.2, 0.25) is 10.0 Å². The maximum atomic E-state index is 13.7. The van der Waals surface area contributed by atoms with Gasteiger partial charge in [0.1, 0.15) is 39.5 Å². The average molecular weight is 670 g/mol. The van der Waals surface area contributed by atoms with E-state index in [1.165, 1.54) is 26.6 Å². The Bertz CT molecular complexity index is 1580. The van der Waals surface area contributed by atoms with Gasteiger partial charge in [0.05, 0.1) is 31.3 Å². The summed E-state index contributed by atoms with van der Waals surface area (Å²) >= 11 is 13.0. The number of aromatic nitrogens is 2. The van der Waals surface area contributed by atoms with Gasteiger partial charge >= 0.3 is 6.03 Å². The lowest BCUT2D eigenvalue weighted by Gasteiger charge is -2.36. The fraction of sp³-hybridized carbons (Fsp3) is 0.375. The number of ether oxygens (including phenoxy) is 2. The molecule has 3 amide bonds. The van der Waals surface area contributed by atoms with Crippen molar-refractivity contribution in [1.82, 2.24) is 14.9 Å². The maximum Gasteiger partial charge on any atom is 0.327 e. The lowest BCUT2D eigenvalue weighted by Crippen LogP contribution is -2.42. The number of rotatable bonds is 11. The molecule has 1 saturated carbocycles. The third kappa shape index (κ3) is 7.41. The van der Waals surface area contributed by atoms with Gasteiger partial charge in [-0.05, 0) is 64.1 Å². The summed E-state index contributed by atoms with van der Waals surface area (Å²) in [4.78, 5) is 41.0. The fourth-order valence-corrected chi connectivity index (χ4v) is 6.00. The van der Waals surface area contributed by atoms with Crippen molar-refractivity contribution >= 4 is 69.5 Å². The minimum Gasteiger partial charge on any atom is -0.495 e. The number of nitrogens with one attached hydrogen (secondary N) is 3. The number of methoxy groups -OCH3 is 2. The van der Waals surface area contributed by atoms with Crippen LogP contribution < -0.4 is 35.2 Å². The molecule has 2 aliphatic rings. The van der Waals surface area contributed by atoms with Gasteiger partial charge in [0.2, 0.25) is 5.91 Å². The molecule has 2 heterocycles. The molecule has 5 rings (SSSR count). The van der Waals surface area contributed by atoms with E-state index >= 15 is 0 Å². The van der Waals surface area contributed by atoms with Crippen molar-refractivity contribution < 1.29 is 19.1 Å². The highest BCUT2D eigenvalue weighted by Crippen LogP contribution is 2.45. The lowest BCUT2D eigenvalue weighted by molar-refractivity contribution is -0.111. The maximum absolute atomic E-state index is 13.7. The molecule has 0 atom stereocenters. The number of hydrogen-bond donors (Lipinski definition) is 3. The number of hydrogen-bond acceptors (Lipinski definition) is 9. The molecule has 2 aromatic carbocycles. The molecule has 46 heavy (non-hydrogen) atoms. The van der Waals surface area contributed by atoms with Crippen LogP contribution in [0.3, 0.4) is 0 Å². The SMILES string of the molecule is C=CC(=O)Nc1cc(N2CCC(N(C)C)CC2)ccc1Nc1cc(N(C(=O)Nc2c(Cl)c(OC)cc(OC)c2Cl)C2CC2)ncn1. The lowest BCUT2D eigenvalue weighted by atomic mass is 10.0. The van der Waals surface area contributed by atoms with Gasteiger partial charge in [0.15, 0.2) is 0 Å². The Morgan fingerprint density at radius 2 is 1.61 bits per heavy atom. The molecule has 0 radical (unpaired) electrons. The van der Waals surface area contributed by atoms with Crippen molar-refractivity contribution in [3.63, 3.8) is 0 Å². The monoisotopic (exact) mass is 668 g/mol. The van der Waals surface area contributed by atoms with Crippen molar-refractivity contribution in [1.29, 1.82) is 0 Å². The zero-order chi connectivity index (χ0) is 33.0. The third-order valence-electron chi connectivity index (χ3n) is 8.10. The molecule has 1 saturated heterocycles. The van der Waals surface area contributed by atoms with Crippen LogP contribution in [0.4, 0.5) is 39.2 Å². The van der Waals surface area contributed by atoms with E-state index in [2.05, 4.69) is 56.4 Å². The first-order valence-electron chi connectivity index (χ1n) is 14.9. The van der Waals surface area contributed by atoms with Gasteiger partial charge in [-0.15, -0.1) is 0 Å². The van der Waals surface area contributed by atoms with Gasteiger partial charge in [0.25, 0.3) is 0 Å². The Morgan fingerprint density at radius 3 is 2.20 bits per heavy atom. The molecule has 1 aliphatic heterocycles. The molecule has 2 fully saturated rings. The Kier molecular flexibility index (Phi) is 10.4. The van der Waals surface area contributed by atoms with Crippen LogP contribution >= 0.6 is 23.2 Å². The predicted octanol–water partition coefficient (Wildman–Crippen LogP) is 6.40. The summed E-state index contributed by atoms with van der Waals surface area (Å²) in [6, 6.07) is 9.08. The van der Waals surface area contributed by atoms with Crippen LogP contribution in [0.1, 0.15) is 25.7 Å². The molecule has 244 valence electrons. The van der Waals surface area contributed by atoms with Gasteiger partial charge in [-0.2, -0.15) is 0 Å². The second kappa shape index (κ2) is 14.4. The number of carbonyl (C=O) groups excluding carboxylic acids is 2. The van der Waals surface area contributed by atoms with Crippen LogP contribution in [0, 0.1) is 0 Å². The summed E-state index contributed by atoms with van der Waals surface area (Å²) < 4.78 is 10.7. The number of carbonyl (C=O) groups is 2. The number of nitrogens with zero attached hydrogens (tertiary/aromatic N) is 5. The average Bonchev–Trinajstić information content (AvgIpc) is 3.89. The molecule has 1 aromatic heterocycles. The summed E-state index contributed by atoms with van der Waals surface area (Å²) in [5.41, 5.74) is 2.37. The quantitative estimate of drug-likeness (QED) is 0.199. The predicted molar refractivity (Wildman–Crippen MR) is 184 cm³/mol. The Balaban J connectivity index is 1.39. The van der Waals surface area contributed by atoms with Gasteiger partial charge in [-0.3, -0.25) is 9.69 Å². The standard InChI is InChI=1S/C32H38Cl2N8O4/c1-6-28(43)38-23-15-21(41-13-11-19(12-14-41)40(2)3)9-10-22(23)37-26-17-27(36-18-35-26)42(20-7-8-20)32(44)39-31-29(33)24(45-4)16-25(46-5)30(31)34/h6,9-10,15-20H,1,7-8,11-14H2,2-5H3,(H,38,43)(H,39,44)(H,35,36,37). The van der Waals surface area contributed by atoms with Crippen molar-refractivity contribution in [3.8, 4) is 11.5 Å². The van der Waals surface area contributed by atoms with Crippen LogP contribution in [0.25, 0.3) is 0 Å². The van der Waals surface area contributed by atoms with Crippen molar-refractivity contribution in [2.75, 3.05) is 67.2 Å². The van der Waals surface area contributed by atoms with Gasteiger partial charge in [0, 0.05) is 43.0 Å². The van der Waals surface area contributed by atoms with E-state index < -0.39 is 6.03 Å². The van der Waals surface area contributed by atoms with E-state index in [0.29, 0.717) is 40.6 Å². The highest BCUT2D eigenvalue weighted by atomic mass is 35.5. The second-order valence-corrected chi connectivity index (χ2v) is 12.1. The van der Waals surface area contributed by atoms with Crippen molar-refractivity contribution in [3.05, 3.63) is 59.4 Å². The van der Waals surface area contributed by atoms with E-state index in [1.54, 1.807) is 17.0 Å². The van der Waals surface area contributed by atoms with Gasteiger partial charge in [-0.25, -0.2) is 14.8 Å². The second-order valence-electron chi connectivity index (χ2n) is 11.3. The first-order valence-corrected chi connectivity index (χ1v) is 15.7.